The Morgan fingerprint density at radius 1 is 1.79 bits per heavy atom. The molecule has 2 heterocycles. The van der Waals surface area contributed by atoms with Crippen LogP contribution in [0.5, 0.6) is 0 Å². The molecule has 5 heteroatoms. The van der Waals surface area contributed by atoms with Gasteiger partial charge in [0.25, 0.3) is 0 Å². The Morgan fingerprint density at radius 2 is 2.71 bits per heavy atom. The first kappa shape index (κ1) is 9.61. The quantitative estimate of drug-likeness (QED) is 0.766. The van der Waals surface area contributed by atoms with Gasteiger partial charge in [0.1, 0.15) is 0 Å². The number of amides is 1. The van der Waals surface area contributed by atoms with E-state index in [2.05, 4.69) is 15.6 Å². The van der Waals surface area contributed by atoms with E-state index in [1.165, 1.54) is 0 Å². The van der Waals surface area contributed by atoms with Crippen molar-refractivity contribution in [3.63, 3.8) is 0 Å². The molecule has 1 aliphatic heterocycles. The molecule has 14 heavy (non-hydrogen) atoms. The van der Waals surface area contributed by atoms with Gasteiger partial charge in [-0.05, 0) is 19.4 Å². The summed E-state index contributed by atoms with van der Waals surface area (Å²) in [6.45, 7) is 1.50. The smallest absolute Gasteiger partial charge is 0.237 e. The molecule has 1 atom stereocenters. The van der Waals surface area contributed by atoms with Gasteiger partial charge >= 0.3 is 0 Å². The predicted molar refractivity (Wildman–Crippen MR) is 55.0 cm³/mol. The third-order valence-corrected chi connectivity index (χ3v) is 2.94. The Balaban J connectivity index is 1.77. The number of hydrogen-bond donors (Lipinski definition) is 2. The van der Waals surface area contributed by atoms with Crippen LogP contribution in [0, 0.1) is 0 Å². The topological polar surface area (TPSA) is 54.0 Å². The highest BCUT2D eigenvalue weighted by atomic mass is 32.1. The highest BCUT2D eigenvalue weighted by molar-refractivity contribution is 7.07. The van der Waals surface area contributed by atoms with Crippen LogP contribution in [-0.4, -0.2) is 23.5 Å². The Bertz CT molecular complexity index is 293. The Hall–Kier alpha value is -0.940. The summed E-state index contributed by atoms with van der Waals surface area (Å²) >= 11 is 1.55. The molecular formula is C9H13N3OS. The second-order valence-electron chi connectivity index (χ2n) is 3.35. The summed E-state index contributed by atoms with van der Waals surface area (Å²) in [5.41, 5.74) is 2.70. The average Bonchev–Trinajstić information content (AvgIpc) is 2.87. The molecule has 76 valence electrons. The molecule has 0 aliphatic carbocycles. The van der Waals surface area contributed by atoms with Crippen molar-refractivity contribution in [2.24, 2.45) is 0 Å². The number of thiazole rings is 1. The Morgan fingerprint density at radius 3 is 3.36 bits per heavy atom. The van der Waals surface area contributed by atoms with Crippen molar-refractivity contribution in [1.82, 2.24) is 15.6 Å². The number of nitrogens with zero attached hydrogens (tertiary/aromatic N) is 1. The largest absolute Gasteiger partial charge is 0.349 e. The molecule has 1 aliphatic rings. The summed E-state index contributed by atoms with van der Waals surface area (Å²) < 4.78 is 0. The van der Waals surface area contributed by atoms with Crippen LogP contribution in [0.3, 0.4) is 0 Å². The van der Waals surface area contributed by atoms with E-state index in [1.54, 1.807) is 16.8 Å². The van der Waals surface area contributed by atoms with Gasteiger partial charge in [-0.25, -0.2) is 4.98 Å². The lowest BCUT2D eigenvalue weighted by Crippen LogP contribution is -2.40. The zero-order chi connectivity index (χ0) is 9.80. The molecule has 1 aromatic rings. The van der Waals surface area contributed by atoms with Gasteiger partial charge in [-0.15, -0.1) is 11.3 Å². The van der Waals surface area contributed by atoms with E-state index >= 15 is 0 Å². The van der Waals surface area contributed by atoms with E-state index in [9.17, 15) is 4.79 Å². The van der Waals surface area contributed by atoms with E-state index < -0.39 is 0 Å². The van der Waals surface area contributed by atoms with Gasteiger partial charge in [0.05, 0.1) is 23.8 Å². The molecule has 0 spiro atoms. The van der Waals surface area contributed by atoms with Gasteiger partial charge in [-0.1, -0.05) is 0 Å². The minimum atomic E-state index is 0.00800. The minimum Gasteiger partial charge on any atom is -0.349 e. The molecule has 2 N–H and O–H groups in total. The number of carbonyl (C=O) groups is 1. The summed E-state index contributed by atoms with van der Waals surface area (Å²) in [5.74, 6) is 0.0931. The number of carbonyl (C=O) groups excluding carboxylic acids is 1. The van der Waals surface area contributed by atoms with Crippen molar-refractivity contribution in [3.8, 4) is 0 Å². The zero-order valence-corrected chi connectivity index (χ0v) is 8.64. The molecule has 0 aromatic carbocycles. The standard InChI is InChI=1S/C9H13N3OS/c13-9(8-2-1-3-10-8)11-4-7-5-14-6-12-7/h5-6,8,10H,1-4H2,(H,11,13)/t8-/m1/s1. The van der Waals surface area contributed by atoms with Crippen LogP contribution < -0.4 is 10.6 Å². The normalized spacial score (nSPS) is 21.0. The van der Waals surface area contributed by atoms with Crippen molar-refractivity contribution in [2.45, 2.75) is 25.4 Å². The molecule has 0 unspecified atom stereocenters. The fourth-order valence-electron chi connectivity index (χ4n) is 1.53. The lowest BCUT2D eigenvalue weighted by Gasteiger charge is -2.09. The van der Waals surface area contributed by atoms with Crippen LogP contribution in [-0.2, 0) is 11.3 Å². The Labute approximate surface area is 86.7 Å². The van der Waals surface area contributed by atoms with Crippen molar-refractivity contribution in [1.29, 1.82) is 0 Å². The van der Waals surface area contributed by atoms with Crippen molar-refractivity contribution in [3.05, 3.63) is 16.6 Å². The fourth-order valence-corrected chi connectivity index (χ4v) is 2.09. The van der Waals surface area contributed by atoms with Gasteiger partial charge in [-0.3, -0.25) is 4.79 Å². The fraction of sp³-hybridized carbons (Fsp3) is 0.556. The number of nitrogens with one attached hydrogen (secondary N) is 2. The van der Waals surface area contributed by atoms with Gasteiger partial charge < -0.3 is 10.6 Å². The molecular weight excluding hydrogens is 198 g/mol. The summed E-state index contributed by atoms with van der Waals surface area (Å²) in [5, 5.41) is 7.97. The van der Waals surface area contributed by atoms with Gasteiger partial charge in [-0.2, -0.15) is 0 Å². The first-order valence-electron chi connectivity index (χ1n) is 4.74. The second kappa shape index (κ2) is 4.52. The molecule has 1 fully saturated rings. The molecule has 0 radical (unpaired) electrons. The highest BCUT2D eigenvalue weighted by Gasteiger charge is 2.21. The molecule has 1 saturated heterocycles. The minimum absolute atomic E-state index is 0.00800. The summed E-state index contributed by atoms with van der Waals surface area (Å²) in [7, 11) is 0. The third kappa shape index (κ3) is 2.30. The van der Waals surface area contributed by atoms with Crippen LogP contribution in [0.2, 0.25) is 0 Å². The molecule has 4 nitrogen and oxygen atoms in total. The first-order valence-corrected chi connectivity index (χ1v) is 5.69. The predicted octanol–water partition coefficient (Wildman–Crippen LogP) is 0.511. The summed E-state index contributed by atoms with van der Waals surface area (Å²) in [6.07, 6.45) is 2.04. The molecule has 1 aromatic heterocycles. The van der Waals surface area contributed by atoms with E-state index in [-0.39, 0.29) is 11.9 Å². The van der Waals surface area contributed by atoms with Crippen molar-refractivity contribution in [2.75, 3.05) is 6.54 Å². The van der Waals surface area contributed by atoms with Crippen molar-refractivity contribution < 1.29 is 4.79 Å². The monoisotopic (exact) mass is 211 g/mol. The van der Waals surface area contributed by atoms with Crippen LogP contribution in [0.4, 0.5) is 0 Å². The highest BCUT2D eigenvalue weighted by Crippen LogP contribution is 2.05. The van der Waals surface area contributed by atoms with Gasteiger partial charge in [0.2, 0.25) is 5.91 Å². The third-order valence-electron chi connectivity index (χ3n) is 2.30. The molecule has 0 saturated carbocycles. The molecule has 0 bridgehead atoms. The molecule has 1 amide bonds. The first-order chi connectivity index (χ1) is 6.86. The lowest BCUT2D eigenvalue weighted by molar-refractivity contribution is -0.122. The number of aromatic nitrogens is 1. The summed E-state index contributed by atoms with van der Waals surface area (Å²) in [6, 6.07) is 0.00800. The zero-order valence-electron chi connectivity index (χ0n) is 7.82. The Kier molecular flexibility index (Phi) is 3.10. The maximum Gasteiger partial charge on any atom is 0.237 e. The van der Waals surface area contributed by atoms with Crippen LogP contribution in [0.15, 0.2) is 10.9 Å². The van der Waals surface area contributed by atoms with Crippen molar-refractivity contribution >= 4 is 17.2 Å². The van der Waals surface area contributed by atoms with Gasteiger partial charge in [0.15, 0.2) is 0 Å². The van der Waals surface area contributed by atoms with E-state index in [1.807, 2.05) is 5.38 Å². The van der Waals surface area contributed by atoms with E-state index in [4.69, 9.17) is 0 Å². The number of hydrogen-bond acceptors (Lipinski definition) is 4. The molecule has 2 rings (SSSR count). The average molecular weight is 211 g/mol. The SMILES string of the molecule is O=C(NCc1cscn1)[C@H]1CCCN1. The maximum absolute atomic E-state index is 11.5. The second-order valence-corrected chi connectivity index (χ2v) is 4.07. The maximum atomic E-state index is 11.5. The van der Waals surface area contributed by atoms with Crippen LogP contribution >= 0.6 is 11.3 Å². The van der Waals surface area contributed by atoms with E-state index in [0.29, 0.717) is 6.54 Å². The van der Waals surface area contributed by atoms with Crippen LogP contribution in [0.25, 0.3) is 0 Å². The lowest BCUT2D eigenvalue weighted by atomic mass is 10.2. The van der Waals surface area contributed by atoms with Gasteiger partial charge in [0, 0.05) is 5.38 Å². The number of rotatable bonds is 3. The summed E-state index contributed by atoms with van der Waals surface area (Å²) in [4.78, 5) is 15.6. The van der Waals surface area contributed by atoms with E-state index in [0.717, 1.165) is 25.1 Å². The van der Waals surface area contributed by atoms with Crippen LogP contribution in [0.1, 0.15) is 18.5 Å².